The van der Waals surface area contributed by atoms with Crippen LogP contribution in [0.2, 0.25) is 0 Å². The first-order valence-corrected chi connectivity index (χ1v) is 8.34. The van der Waals surface area contributed by atoms with Crippen molar-refractivity contribution in [1.82, 2.24) is 0 Å². The molecular weight excluding hydrogens is 264 g/mol. The number of benzene rings is 1. The van der Waals surface area contributed by atoms with E-state index in [9.17, 15) is 0 Å². The van der Waals surface area contributed by atoms with E-state index in [1.165, 1.54) is 47.1 Å². The average molecular weight is 286 g/mol. The molecule has 1 aromatic heterocycles. The average Bonchev–Trinajstić information content (AvgIpc) is 3.17. The van der Waals surface area contributed by atoms with Crippen molar-refractivity contribution in [2.45, 2.75) is 32.7 Å². The number of nitrogens with zero attached hydrogens (tertiary/aromatic N) is 1. The molecule has 0 unspecified atom stereocenters. The van der Waals surface area contributed by atoms with E-state index in [0.29, 0.717) is 0 Å². The Morgan fingerprint density at radius 2 is 1.80 bits per heavy atom. The van der Waals surface area contributed by atoms with Crippen LogP contribution in [-0.4, -0.2) is 13.1 Å². The molecule has 1 aliphatic heterocycles. The van der Waals surface area contributed by atoms with E-state index >= 15 is 0 Å². The fourth-order valence-electron chi connectivity index (χ4n) is 2.75. The summed E-state index contributed by atoms with van der Waals surface area (Å²) < 4.78 is 0. The van der Waals surface area contributed by atoms with E-state index in [1.807, 2.05) is 11.3 Å². The lowest BCUT2D eigenvalue weighted by Gasteiger charge is -2.21. The van der Waals surface area contributed by atoms with Crippen molar-refractivity contribution in [2.75, 3.05) is 23.3 Å². The molecule has 0 saturated carbocycles. The molecule has 2 heterocycles. The number of hydrogen-bond acceptors (Lipinski definition) is 3. The largest absolute Gasteiger partial charge is 0.378 e. The van der Waals surface area contributed by atoms with Crippen molar-refractivity contribution < 1.29 is 0 Å². The van der Waals surface area contributed by atoms with Gasteiger partial charge in [0.1, 0.15) is 0 Å². The summed E-state index contributed by atoms with van der Waals surface area (Å²) in [7, 11) is 0. The number of anilines is 2. The van der Waals surface area contributed by atoms with Gasteiger partial charge in [0.25, 0.3) is 0 Å². The first kappa shape index (κ1) is 13.5. The molecule has 2 nitrogen and oxygen atoms in total. The van der Waals surface area contributed by atoms with E-state index in [0.717, 1.165) is 13.0 Å². The van der Waals surface area contributed by atoms with Crippen molar-refractivity contribution in [1.29, 1.82) is 0 Å². The normalized spacial score (nSPS) is 14.8. The van der Waals surface area contributed by atoms with E-state index < -0.39 is 0 Å². The van der Waals surface area contributed by atoms with Crippen molar-refractivity contribution in [2.24, 2.45) is 0 Å². The molecule has 20 heavy (non-hydrogen) atoms. The smallest absolute Gasteiger partial charge is 0.0602 e. The summed E-state index contributed by atoms with van der Waals surface area (Å²) in [4.78, 5) is 5.38. The lowest BCUT2D eigenvalue weighted by atomic mass is 10.2. The molecule has 1 N–H and O–H groups in total. The predicted molar refractivity (Wildman–Crippen MR) is 88.9 cm³/mol. The van der Waals surface area contributed by atoms with Gasteiger partial charge in [-0.3, -0.25) is 0 Å². The van der Waals surface area contributed by atoms with Crippen LogP contribution in [0, 0.1) is 0 Å². The number of nitrogens with one attached hydrogen (secondary N) is 1. The molecule has 0 radical (unpaired) electrons. The topological polar surface area (TPSA) is 15.3 Å². The maximum Gasteiger partial charge on any atom is 0.0602 e. The van der Waals surface area contributed by atoms with Crippen molar-refractivity contribution >= 4 is 22.7 Å². The van der Waals surface area contributed by atoms with Gasteiger partial charge < -0.3 is 10.2 Å². The second-order valence-electron chi connectivity index (χ2n) is 5.29. The summed E-state index contributed by atoms with van der Waals surface area (Å²) in [5.41, 5.74) is 2.62. The zero-order valence-corrected chi connectivity index (χ0v) is 12.9. The van der Waals surface area contributed by atoms with Crippen LogP contribution < -0.4 is 10.2 Å². The SMILES string of the molecule is CCc1ccc(CNc2ccccc2N2CCCC2)s1. The van der Waals surface area contributed by atoms with Crippen molar-refractivity contribution in [3.63, 3.8) is 0 Å². The van der Waals surface area contributed by atoms with Gasteiger partial charge in [-0.1, -0.05) is 19.1 Å². The first-order chi connectivity index (χ1) is 9.86. The highest BCUT2D eigenvalue weighted by atomic mass is 32.1. The Morgan fingerprint density at radius 3 is 2.55 bits per heavy atom. The van der Waals surface area contributed by atoms with Gasteiger partial charge in [-0.05, 0) is 43.5 Å². The number of aryl methyl sites for hydroxylation is 1. The van der Waals surface area contributed by atoms with Crippen molar-refractivity contribution in [3.05, 3.63) is 46.2 Å². The Morgan fingerprint density at radius 1 is 1.05 bits per heavy atom. The molecule has 0 aliphatic carbocycles. The van der Waals surface area contributed by atoms with Crippen molar-refractivity contribution in [3.8, 4) is 0 Å². The monoisotopic (exact) mass is 286 g/mol. The zero-order valence-electron chi connectivity index (χ0n) is 12.1. The minimum absolute atomic E-state index is 0.926. The predicted octanol–water partition coefficient (Wildman–Crippen LogP) is 4.52. The van der Waals surface area contributed by atoms with Gasteiger partial charge in [0.05, 0.1) is 11.4 Å². The van der Waals surface area contributed by atoms with Crippen LogP contribution in [0.1, 0.15) is 29.5 Å². The summed E-state index contributed by atoms with van der Waals surface area (Å²) in [5.74, 6) is 0. The number of thiophene rings is 1. The molecule has 1 fully saturated rings. The van der Waals surface area contributed by atoms with E-state index in [2.05, 4.69) is 53.5 Å². The molecule has 3 heteroatoms. The summed E-state index contributed by atoms with van der Waals surface area (Å²) in [6.45, 7) is 5.52. The summed E-state index contributed by atoms with van der Waals surface area (Å²) in [6, 6.07) is 13.2. The lowest BCUT2D eigenvalue weighted by molar-refractivity contribution is 0.949. The van der Waals surface area contributed by atoms with E-state index in [4.69, 9.17) is 0 Å². The minimum Gasteiger partial charge on any atom is -0.378 e. The first-order valence-electron chi connectivity index (χ1n) is 7.52. The van der Waals surface area contributed by atoms with Gasteiger partial charge in [-0.15, -0.1) is 11.3 Å². The van der Waals surface area contributed by atoms with Gasteiger partial charge in [0.15, 0.2) is 0 Å². The molecule has 3 rings (SSSR count). The highest BCUT2D eigenvalue weighted by Gasteiger charge is 2.15. The highest BCUT2D eigenvalue weighted by Crippen LogP contribution is 2.29. The summed E-state index contributed by atoms with van der Waals surface area (Å²) >= 11 is 1.91. The molecule has 2 aromatic rings. The number of hydrogen-bond donors (Lipinski definition) is 1. The number of para-hydroxylation sites is 2. The van der Waals surface area contributed by atoms with Gasteiger partial charge in [-0.25, -0.2) is 0 Å². The third-order valence-electron chi connectivity index (χ3n) is 3.87. The van der Waals surface area contributed by atoms with Gasteiger partial charge in [-0.2, -0.15) is 0 Å². The molecule has 0 amide bonds. The maximum atomic E-state index is 3.61. The highest BCUT2D eigenvalue weighted by molar-refractivity contribution is 7.12. The van der Waals surface area contributed by atoms with Crippen LogP contribution in [-0.2, 0) is 13.0 Å². The second-order valence-corrected chi connectivity index (χ2v) is 6.54. The van der Waals surface area contributed by atoms with Crippen LogP contribution >= 0.6 is 11.3 Å². The Bertz CT molecular complexity index is 556. The third kappa shape index (κ3) is 2.98. The van der Waals surface area contributed by atoms with Crippen LogP contribution in [0.25, 0.3) is 0 Å². The van der Waals surface area contributed by atoms with E-state index in [-0.39, 0.29) is 0 Å². The van der Waals surface area contributed by atoms with Crippen LogP contribution in [0.5, 0.6) is 0 Å². The molecule has 1 saturated heterocycles. The third-order valence-corrected chi connectivity index (χ3v) is 5.10. The molecule has 0 bridgehead atoms. The fourth-order valence-corrected chi connectivity index (χ4v) is 3.64. The molecule has 1 aliphatic rings. The Hall–Kier alpha value is -1.48. The maximum absolute atomic E-state index is 3.61. The fraction of sp³-hybridized carbons (Fsp3) is 0.412. The quantitative estimate of drug-likeness (QED) is 0.869. The second kappa shape index (κ2) is 6.31. The van der Waals surface area contributed by atoms with Gasteiger partial charge >= 0.3 is 0 Å². The van der Waals surface area contributed by atoms with Crippen LogP contribution in [0.15, 0.2) is 36.4 Å². The Labute approximate surface area is 125 Å². The van der Waals surface area contributed by atoms with Gasteiger partial charge in [0, 0.05) is 29.4 Å². The lowest BCUT2D eigenvalue weighted by Crippen LogP contribution is -2.19. The summed E-state index contributed by atoms with van der Waals surface area (Å²) in [5, 5.41) is 3.61. The summed E-state index contributed by atoms with van der Waals surface area (Å²) in [6.07, 6.45) is 3.77. The van der Waals surface area contributed by atoms with Crippen LogP contribution in [0.4, 0.5) is 11.4 Å². The molecule has 1 aromatic carbocycles. The Balaban J connectivity index is 1.70. The van der Waals surface area contributed by atoms with E-state index in [1.54, 1.807) is 0 Å². The minimum atomic E-state index is 0.926. The standard InChI is InChI=1S/C17H22N2S/c1-2-14-9-10-15(20-14)13-18-16-7-3-4-8-17(16)19-11-5-6-12-19/h3-4,7-10,18H,2,5-6,11-13H2,1H3. The zero-order chi connectivity index (χ0) is 13.8. The molecule has 106 valence electrons. The molecule has 0 spiro atoms. The van der Waals surface area contributed by atoms with Gasteiger partial charge in [0.2, 0.25) is 0 Å². The Kier molecular flexibility index (Phi) is 4.26. The number of rotatable bonds is 5. The molecular formula is C17H22N2S. The van der Waals surface area contributed by atoms with Crippen LogP contribution in [0.3, 0.4) is 0 Å². The molecule has 0 atom stereocenters.